The third-order valence-corrected chi connectivity index (χ3v) is 3.50. The standard InChI is InChI=1S/C12H21O5P/c1-10(2)16-18(14,17-11(3)4)9-7-6-8-12(13)15-5/h6-11H,1-5H3/b8-6+,9-7-. The van der Waals surface area contributed by atoms with E-state index in [0.717, 1.165) is 0 Å². The van der Waals surface area contributed by atoms with Gasteiger partial charge in [0.15, 0.2) is 0 Å². The highest BCUT2D eigenvalue weighted by Crippen LogP contribution is 2.51. The molecule has 0 rings (SSSR count). The van der Waals surface area contributed by atoms with Crippen molar-refractivity contribution in [2.75, 3.05) is 7.11 Å². The van der Waals surface area contributed by atoms with Crippen LogP contribution in [0, 0.1) is 0 Å². The van der Waals surface area contributed by atoms with E-state index in [1.165, 1.54) is 31.2 Å². The number of carbonyl (C=O) groups is 1. The Balaban J connectivity index is 4.68. The van der Waals surface area contributed by atoms with Gasteiger partial charge in [-0.05, 0) is 27.7 Å². The number of rotatable bonds is 7. The Bertz CT molecular complexity index is 343. The molecule has 0 aromatic carbocycles. The summed E-state index contributed by atoms with van der Waals surface area (Å²) >= 11 is 0. The van der Waals surface area contributed by atoms with Gasteiger partial charge < -0.3 is 13.8 Å². The Hall–Kier alpha value is -0.900. The average Bonchev–Trinajstić information content (AvgIpc) is 2.21. The van der Waals surface area contributed by atoms with E-state index in [1.807, 2.05) is 0 Å². The number of methoxy groups -OCH3 is 1. The lowest BCUT2D eigenvalue weighted by molar-refractivity contribution is -0.134. The zero-order valence-electron chi connectivity index (χ0n) is 11.5. The van der Waals surface area contributed by atoms with Gasteiger partial charge in [-0.2, -0.15) is 0 Å². The molecule has 5 nitrogen and oxygen atoms in total. The summed E-state index contributed by atoms with van der Waals surface area (Å²) in [5.74, 6) is 0.843. The van der Waals surface area contributed by atoms with Crippen molar-refractivity contribution in [3.05, 3.63) is 24.0 Å². The van der Waals surface area contributed by atoms with Gasteiger partial charge in [0.25, 0.3) is 0 Å². The fourth-order valence-electron chi connectivity index (χ4n) is 1.04. The van der Waals surface area contributed by atoms with E-state index in [4.69, 9.17) is 9.05 Å². The first-order valence-corrected chi connectivity index (χ1v) is 7.30. The first kappa shape index (κ1) is 17.1. The molecule has 18 heavy (non-hydrogen) atoms. The van der Waals surface area contributed by atoms with E-state index in [2.05, 4.69) is 4.74 Å². The van der Waals surface area contributed by atoms with Crippen LogP contribution in [0.4, 0.5) is 0 Å². The van der Waals surface area contributed by atoms with Crippen molar-refractivity contribution in [3.63, 3.8) is 0 Å². The maximum Gasteiger partial charge on any atom is 0.354 e. The first-order valence-electron chi connectivity index (χ1n) is 5.69. The van der Waals surface area contributed by atoms with Crippen LogP contribution in [-0.2, 0) is 23.1 Å². The van der Waals surface area contributed by atoms with Crippen molar-refractivity contribution >= 4 is 13.6 Å². The fourth-order valence-corrected chi connectivity index (χ4v) is 2.72. The SMILES string of the molecule is COC(=O)/C=C/C=C\P(=O)(OC(C)C)OC(C)C. The molecule has 0 aromatic heterocycles. The number of allylic oxidation sites excluding steroid dienone is 2. The summed E-state index contributed by atoms with van der Waals surface area (Å²) in [7, 11) is -2.00. The van der Waals surface area contributed by atoms with Crippen LogP contribution in [0.3, 0.4) is 0 Å². The fraction of sp³-hybridized carbons (Fsp3) is 0.583. The molecular weight excluding hydrogens is 255 g/mol. The van der Waals surface area contributed by atoms with E-state index in [1.54, 1.807) is 27.7 Å². The van der Waals surface area contributed by atoms with Crippen LogP contribution in [-0.4, -0.2) is 25.3 Å². The predicted molar refractivity (Wildman–Crippen MR) is 70.3 cm³/mol. The Kier molecular flexibility index (Phi) is 7.83. The van der Waals surface area contributed by atoms with Gasteiger partial charge in [-0.1, -0.05) is 12.2 Å². The van der Waals surface area contributed by atoms with Crippen LogP contribution in [0.25, 0.3) is 0 Å². The molecule has 0 aliphatic heterocycles. The lowest BCUT2D eigenvalue weighted by atomic mass is 10.5. The number of hydrogen-bond acceptors (Lipinski definition) is 5. The molecule has 0 amide bonds. The van der Waals surface area contributed by atoms with Gasteiger partial charge in [0.2, 0.25) is 0 Å². The molecule has 0 saturated heterocycles. The van der Waals surface area contributed by atoms with Gasteiger partial charge >= 0.3 is 13.6 Å². The molecule has 104 valence electrons. The molecule has 0 aliphatic rings. The van der Waals surface area contributed by atoms with Gasteiger partial charge in [0, 0.05) is 11.9 Å². The van der Waals surface area contributed by atoms with Crippen LogP contribution in [0.1, 0.15) is 27.7 Å². The van der Waals surface area contributed by atoms with Crippen molar-refractivity contribution in [2.45, 2.75) is 39.9 Å². The molecule has 0 heterocycles. The molecule has 6 heteroatoms. The van der Waals surface area contributed by atoms with Gasteiger partial charge in [-0.3, -0.25) is 4.57 Å². The molecule has 0 bridgehead atoms. The van der Waals surface area contributed by atoms with Gasteiger partial charge in [0.05, 0.1) is 19.3 Å². The molecule has 0 unspecified atom stereocenters. The van der Waals surface area contributed by atoms with Gasteiger partial charge in [-0.15, -0.1) is 0 Å². The highest BCUT2D eigenvalue weighted by molar-refractivity contribution is 7.57. The number of carbonyl (C=O) groups excluding carboxylic acids is 1. The topological polar surface area (TPSA) is 61.8 Å². The predicted octanol–water partition coefficient (Wildman–Crippen LogP) is 3.27. The summed E-state index contributed by atoms with van der Waals surface area (Å²) in [4.78, 5) is 10.8. The minimum atomic E-state index is -3.28. The van der Waals surface area contributed by atoms with Crippen LogP contribution >= 0.6 is 7.60 Å². The van der Waals surface area contributed by atoms with E-state index in [-0.39, 0.29) is 12.2 Å². The molecule has 0 saturated carbocycles. The minimum Gasteiger partial charge on any atom is -0.466 e. The second kappa shape index (κ2) is 8.25. The lowest BCUT2D eigenvalue weighted by Crippen LogP contribution is -2.06. The molecule has 0 N–H and O–H groups in total. The quantitative estimate of drug-likeness (QED) is 0.309. The van der Waals surface area contributed by atoms with Crippen LogP contribution in [0.15, 0.2) is 24.0 Å². The first-order chi connectivity index (χ1) is 8.29. The molecule has 0 aliphatic carbocycles. The second-order valence-electron chi connectivity index (χ2n) is 4.07. The van der Waals surface area contributed by atoms with Crippen molar-refractivity contribution in [3.8, 4) is 0 Å². The monoisotopic (exact) mass is 276 g/mol. The maximum absolute atomic E-state index is 12.3. The highest BCUT2D eigenvalue weighted by Gasteiger charge is 2.23. The van der Waals surface area contributed by atoms with E-state index >= 15 is 0 Å². The van der Waals surface area contributed by atoms with Crippen LogP contribution in [0.5, 0.6) is 0 Å². The third kappa shape index (κ3) is 8.23. The number of hydrogen-bond donors (Lipinski definition) is 0. The van der Waals surface area contributed by atoms with Crippen molar-refractivity contribution in [1.82, 2.24) is 0 Å². The van der Waals surface area contributed by atoms with E-state index in [0.29, 0.717) is 0 Å². The largest absolute Gasteiger partial charge is 0.466 e. The maximum atomic E-state index is 12.3. The normalized spacial score (nSPS) is 13.1. The average molecular weight is 276 g/mol. The zero-order valence-corrected chi connectivity index (χ0v) is 12.3. The molecule has 0 fully saturated rings. The summed E-state index contributed by atoms with van der Waals surface area (Å²) < 4.78 is 27.2. The van der Waals surface area contributed by atoms with Gasteiger partial charge in [0.1, 0.15) is 0 Å². The Morgan fingerprint density at radius 1 is 1.06 bits per heavy atom. The summed E-state index contributed by atoms with van der Waals surface area (Å²) in [5.41, 5.74) is 0. The van der Waals surface area contributed by atoms with E-state index in [9.17, 15) is 9.36 Å². The lowest BCUT2D eigenvalue weighted by Gasteiger charge is -2.19. The Labute approximate surface area is 108 Å². The summed E-state index contributed by atoms with van der Waals surface area (Å²) in [6, 6.07) is 0. The second-order valence-corrected chi connectivity index (χ2v) is 5.87. The van der Waals surface area contributed by atoms with Crippen LogP contribution in [0.2, 0.25) is 0 Å². The van der Waals surface area contributed by atoms with Crippen molar-refractivity contribution in [2.24, 2.45) is 0 Å². The molecule has 0 radical (unpaired) electrons. The zero-order chi connectivity index (χ0) is 14.2. The Morgan fingerprint density at radius 3 is 1.94 bits per heavy atom. The molecular formula is C12H21O5P. The summed E-state index contributed by atoms with van der Waals surface area (Å²) in [6.45, 7) is 7.09. The Morgan fingerprint density at radius 2 is 1.56 bits per heavy atom. The van der Waals surface area contributed by atoms with Crippen molar-refractivity contribution < 1.29 is 23.1 Å². The molecule has 0 atom stereocenters. The number of ether oxygens (including phenoxy) is 1. The third-order valence-electron chi connectivity index (χ3n) is 1.53. The minimum absolute atomic E-state index is 0.219. The van der Waals surface area contributed by atoms with Crippen molar-refractivity contribution in [1.29, 1.82) is 0 Å². The smallest absolute Gasteiger partial charge is 0.354 e. The van der Waals surface area contributed by atoms with Gasteiger partial charge in [-0.25, -0.2) is 4.79 Å². The summed E-state index contributed by atoms with van der Waals surface area (Å²) in [5, 5.41) is 0. The molecule has 0 aromatic rings. The van der Waals surface area contributed by atoms with E-state index < -0.39 is 13.6 Å². The molecule has 0 spiro atoms. The summed E-state index contributed by atoms with van der Waals surface area (Å²) in [6.07, 6.45) is 3.65. The van der Waals surface area contributed by atoms with Crippen LogP contribution < -0.4 is 0 Å². The highest BCUT2D eigenvalue weighted by atomic mass is 31.2. The number of esters is 1.